The molecule has 1 fully saturated rings. The van der Waals surface area contributed by atoms with E-state index in [0.29, 0.717) is 17.9 Å². The molecule has 2 aromatic rings. The van der Waals surface area contributed by atoms with E-state index in [-0.39, 0.29) is 11.7 Å². The summed E-state index contributed by atoms with van der Waals surface area (Å²) in [5, 5.41) is 3.22. The number of benzene rings is 1. The van der Waals surface area contributed by atoms with Gasteiger partial charge in [0.25, 0.3) is 0 Å². The Hall–Kier alpha value is -1.85. The van der Waals surface area contributed by atoms with Gasteiger partial charge in [0.05, 0.1) is 18.4 Å². The SMILES string of the molecule is Fc1cccc(-c2cccnc2CO[C@H]2CCNC2)c1F. The predicted octanol–water partition coefficient (Wildman–Crippen LogP) is 2.91. The quantitative estimate of drug-likeness (QED) is 0.940. The second-order valence-electron chi connectivity index (χ2n) is 5.02. The zero-order valence-electron chi connectivity index (χ0n) is 11.5. The van der Waals surface area contributed by atoms with E-state index in [0.717, 1.165) is 25.6 Å². The molecular formula is C16H16F2N2O. The van der Waals surface area contributed by atoms with Gasteiger partial charge in [0, 0.05) is 23.9 Å². The summed E-state index contributed by atoms with van der Waals surface area (Å²) in [7, 11) is 0. The maximum atomic E-state index is 14.0. The molecule has 1 aliphatic rings. The molecule has 0 bridgehead atoms. The van der Waals surface area contributed by atoms with Crippen LogP contribution >= 0.6 is 0 Å². The van der Waals surface area contributed by atoms with Crippen LogP contribution in [0.1, 0.15) is 12.1 Å². The van der Waals surface area contributed by atoms with Crippen molar-refractivity contribution >= 4 is 0 Å². The van der Waals surface area contributed by atoms with Crippen LogP contribution in [0.25, 0.3) is 11.1 Å². The van der Waals surface area contributed by atoms with Crippen LogP contribution in [0, 0.1) is 11.6 Å². The summed E-state index contributed by atoms with van der Waals surface area (Å²) in [6, 6.07) is 7.59. The number of hydrogen-bond acceptors (Lipinski definition) is 3. The summed E-state index contributed by atoms with van der Waals surface area (Å²) >= 11 is 0. The summed E-state index contributed by atoms with van der Waals surface area (Å²) in [6.07, 6.45) is 2.74. The highest BCUT2D eigenvalue weighted by Gasteiger charge is 2.17. The molecule has 0 amide bonds. The highest BCUT2D eigenvalue weighted by atomic mass is 19.2. The average molecular weight is 290 g/mol. The number of nitrogens with one attached hydrogen (secondary N) is 1. The topological polar surface area (TPSA) is 34.1 Å². The molecule has 0 radical (unpaired) electrons. The van der Waals surface area contributed by atoms with Gasteiger partial charge in [0.2, 0.25) is 0 Å². The number of aromatic nitrogens is 1. The number of ether oxygens (including phenoxy) is 1. The Bertz CT molecular complexity index is 627. The molecule has 0 unspecified atom stereocenters. The fraction of sp³-hybridized carbons (Fsp3) is 0.312. The smallest absolute Gasteiger partial charge is 0.166 e. The van der Waals surface area contributed by atoms with Crippen molar-refractivity contribution < 1.29 is 13.5 Å². The lowest BCUT2D eigenvalue weighted by molar-refractivity contribution is 0.0525. The lowest BCUT2D eigenvalue weighted by Crippen LogP contribution is -2.17. The van der Waals surface area contributed by atoms with E-state index in [1.165, 1.54) is 6.07 Å². The molecule has 2 heterocycles. The molecule has 1 atom stereocenters. The zero-order valence-corrected chi connectivity index (χ0v) is 11.5. The number of hydrogen-bond donors (Lipinski definition) is 1. The molecule has 0 aliphatic carbocycles. The van der Waals surface area contributed by atoms with Crippen molar-refractivity contribution in [3.05, 3.63) is 53.9 Å². The molecule has 3 nitrogen and oxygen atoms in total. The van der Waals surface area contributed by atoms with Gasteiger partial charge in [0.15, 0.2) is 11.6 Å². The maximum absolute atomic E-state index is 14.0. The zero-order chi connectivity index (χ0) is 14.7. The lowest BCUT2D eigenvalue weighted by atomic mass is 10.0. The van der Waals surface area contributed by atoms with Crippen LogP contribution in [-0.4, -0.2) is 24.2 Å². The fourth-order valence-electron chi connectivity index (χ4n) is 2.48. The minimum atomic E-state index is -0.858. The molecule has 1 aliphatic heterocycles. The van der Waals surface area contributed by atoms with E-state index in [9.17, 15) is 8.78 Å². The summed E-state index contributed by atoms with van der Waals surface area (Å²) in [5.74, 6) is -1.71. The Morgan fingerprint density at radius 3 is 2.86 bits per heavy atom. The van der Waals surface area contributed by atoms with Gasteiger partial charge in [-0.05, 0) is 25.1 Å². The van der Waals surface area contributed by atoms with Gasteiger partial charge < -0.3 is 10.1 Å². The molecule has 3 rings (SSSR count). The van der Waals surface area contributed by atoms with Gasteiger partial charge in [-0.1, -0.05) is 18.2 Å². The minimum Gasteiger partial charge on any atom is -0.371 e. The number of rotatable bonds is 4. The van der Waals surface area contributed by atoms with Crippen molar-refractivity contribution in [1.82, 2.24) is 10.3 Å². The first-order valence-electron chi connectivity index (χ1n) is 6.96. The summed E-state index contributed by atoms with van der Waals surface area (Å²) < 4.78 is 33.1. The third kappa shape index (κ3) is 3.09. The van der Waals surface area contributed by atoms with Gasteiger partial charge in [-0.25, -0.2) is 8.78 Å². The van der Waals surface area contributed by atoms with E-state index < -0.39 is 11.6 Å². The first kappa shape index (κ1) is 14.1. The highest BCUT2D eigenvalue weighted by Crippen LogP contribution is 2.27. The van der Waals surface area contributed by atoms with Crippen LogP contribution in [0.4, 0.5) is 8.78 Å². The third-order valence-electron chi connectivity index (χ3n) is 3.60. The average Bonchev–Trinajstić information content (AvgIpc) is 3.02. The van der Waals surface area contributed by atoms with Gasteiger partial charge in [-0.15, -0.1) is 0 Å². The van der Waals surface area contributed by atoms with Crippen molar-refractivity contribution in [3.8, 4) is 11.1 Å². The van der Waals surface area contributed by atoms with Crippen LogP contribution in [0.2, 0.25) is 0 Å². The molecule has 1 saturated heterocycles. The van der Waals surface area contributed by atoms with E-state index in [1.54, 1.807) is 24.4 Å². The number of pyridine rings is 1. The van der Waals surface area contributed by atoms with Crippen LogP contribution < -0.4 is 5.32 Å². The fourth-order valence-corrected chi connectivity index (χ4v) is 2.48. The molecule has 0 saturated carbocycles. The van der Waals surface area contributed by atoms with Gasteiger partial charge in [-0.2, -0.15) is 0 Å². The van der Waals surface area contributed by atoms with Gasteiger partial charge >= 0.3 is 0 Å². The van der Waals surface area contributed by atoms with Crippen LogP contribution in [0.5, 0.6) is 0 Å². The monoisotopic (exact) mass is 290 g/mol. The van der Waals surface area contributed by atoms with Crippen LogP contribution in [0.15, 0.2) is 36.5 Å². The number of nitrogens with zero attached hydrogens (tertiary/aromatic N) is 1. The summed E-state index contributed by atoms with van der Waals surface area (Å²) in [5.41, 5.74) is 1.40. The highest BCUT2D eigenvalue weighted by molar-refractivity contribution is 5.66. The van der Waals surface area contributed by atoms with Crippen molar-refractivity contribution in [1.29, 1.82) is 0 Å². The first-order valence-corrected chi connectivity index (χ1v) is 6.96. The van der Waals surface area contributed by atoms with E-state index in [1.807, 2.05) is 0 Å². The van der Waals surface area contributed by atoms with Crippen LogP contribution in [0.3, 0.4) is 0 Å². The van der Waals surface area contributed by atoms with Gasteiger partial charge in [-0.3, -0.25) is 4.98 Å². The van der Waals surface area contributed by atoms with E-state index in [4.69, 9.17) is 4.74 Å². The van der Waals surface area contributed by atoms with Crippen LogP contribution in [-0.2, 0) is 11.3 Å². The Kier molecular flexibility index (Phi) is 4.22. The largest absolute Gasteiger partial charge is 0.371 e. The third-order valence-corrected chi connectivity index (χ3v) is 3.60. The lowest BCUT2D eigenvalue weighted by Gasteiger charge is -2.13. The molecule has 21 heavy (non-hydrogen) atoms. The Morgan fingerprint density at radius 1 is 1.19 bits per heavy atom. The second-order valence-corrected chi connectivity index (χ2v) is 5.02. The Morgan fingerprint density at radius 2 is 2.05 bits per heavy atom. The van der Waals surface area contributed by atoms with Crippen molar-refractivity contribution in [2.75, 3.05) is 13.1 Å². The van der Waals surface area contributed by atoms with E-state index >= 15 is 0 Å². The molecule has 5 heteroatoms. The Balaban J connectivity index is 1.86. The predicted molar refractivity (Wildman–Crippen MR) is 75.7 cm³/mol. The standard InChI is InChI=1S/C16H16F2N2O/c17-14-5-1-3-13(16(14)18)12-4-2-7-20-15(12)10-21-11-6-8-19-9-11/h1-5,7,11,19H,6,8-10H2/t11-/m0/s1. The minimum absolute atomic E-state index is 0.150. The van der Waals surface area contributed by atoms with E-state index in [2.05, 4.69) is 10.3 Å². The van der Waals surface area contributed by atoms with Crippen molar-refractivity contribution in [2.45, 2.75) is 19.1 Å². The number of halogens is 2. The molecule has 1 N–H and O–H groups in total. The molecule has 1 aromatic carbocycles. The van der Waals surface area contributed by atoms with Gasteiger partial charge in [0.1, 0.15) is 0 Å². The second kappa shape index (κ2) is 6.28. The Labute approximate surface area is 122 Å². The van der Waals surface area contributed by atoms with Crippen molar-refractivity contribution in [3.63, 3.8) is 0 Å². The maximum Gasteiger partial charge on any atom is 0.166 e. The summed E-state index contributed by atoms with van der Waals surface area (Å²) in [4.78, 5) is 4.25. The van der Waals surface area contributed by atoms with Crippen molar-refractivity contribution in [2.24, 2.45) is 0 Å². The molecule has 0 spiro atoms. The molecule has 110 valence electrons. The molecule has 1 aromatic heterocycles. The molecular weight excluding hydrogens is 274 g/mol. The normalized spacial score (nSPS) is 18.1. The summed E-state index contributed by atoms with van der Waals surface area (Å²) in [6.45, 7) is 2.05. The first-order chi connectivity index (χ1) is 10.3.